The van der Waals surface area contributed by atoms with Crippen molar-refractivity contribution < 1.29 is 0 Å². The van der Waals surface area contributed by atoms with Crippen LogP contribution in [0.4, 0.5) is 5.69 Å². The summed E-state index contributed by atoms with van der Waals surface area (Å²) < 4.78 is 3.87. The summed E-state index contributed by atoms with van der Waals surface area (Å²) in [5.41, 5.74) is 8.49. The molecular weight excluding hydrogens is 226 g/mol. The number of nitrogens with two attached hydrogens (primary N) is 1. The number of hydrogen-bond donors (Lipinski definition) is 1. The van der Waals surface area contributed by atoms with Crippen molar-refractivity contribution in [3.05, 3.63) is 36.3 Å². The van der Waals surface area contributed by atoms with Crippen LogP contribution in [-0.2, 0) is 13.5 Å². The number of nitrogen functional groups attached to an aromatic ring is 1. The van der Waals surface area contributed by atoms with Crippen molar-refractivity contribution in [1.29, 1.82) is 0 Å². The minimum absolute atomic E-state index is 0.732. The monoisotopic (exact) mass is 241 g/mol. The zero-order valence-electron chi connectivity index (χ0n) is 10.5. The number of hydrogen-bond acceptors (Lipinski definition) is 3. The fraction of sp³-hybridized carbons (Fsp3) is 0.231. The molecule has 0 atom stereocenters. The predicted octanol–water partition coefficient (Wildman–Crippen LogP) is 1.90. The molecule has 2 N–H and O–H groups in total. The van der Waals surface area contributed by atoms with Crippen LogP contribution in [0.15, 0.2) is 30.5 Å². The van der Waals surface area contributed by atoms with Gasteiger partial charge in [-0.15, -0.1) is 0 Å². The molecule has 5 nitrogen and oxygen atoms in total. The van der Waals surface area contributed by atoms with E-state index in [2.05, 4.69) is 21.6 Å². The Balaban J connectivity index is 2.32. The van der Waals surface area contributed by atoms with Crippen LogP contribution < -0.4 is 5.73 Å². The molecule has 0 fully saturated rings. The van der Waals surface area contributed by atoms with Gasteiger partial charge in [0.15, 0.2) is 5.82 Å². The van der Waals surface area contributed by atoms with Gasteiger partial charge in [-0.05, 0) is 18.2 Å². The van der Waals surface area contributed by atoms with Crippen molar-refractivity contribution in [2.75, 3.05) is 5.73 Å². The minimum atomic E-state index is 0.732. The lowest BCUT2D eigenvalue weighted by Crippen LogP contribution is -2.01. The fourth-order valence-electron chi connectivity index (χ4n) is 2.16. The Morgan fingerprint density at radius 3 is 2.78 bits per heavy atom. The summed E-state index contributed by atoms with van der Waals surface area (Å²) in [4.78, 5) is 4.61. The number of benzene rings is 1. The average molecular weight is 241 g/mol. The first-order valence-corrected chi connectivity index (χ1v) is 5.96. The van der Waals surface area contributed by atoms with E-state index in [0.29, 0.717) is 0 Å². The molecular formula is C13H15N5. The van der Waals surface area contributed by atoms with Crippen molar-refractivity contribution in [1.82, 2.24) is 19.3 Å². The van der Waals surface area contributed by atoms with E-state index in [1.54, 1.807) is 4.68 Å². The summed E-state index contributed by atoms with van der Waals surface area (Å²) in [6.07, 6.45) is 2.78. The molecule has 0 bridgehead atoms. The maximum absolute atomic E-state index is 5.80. The molecule has 1 aromatic carbocycles. The molecule has 3 aromatic rings. The summed E-state index contributed by atoms with van der Waals surface area (Å²) in [5.74, 6) is 1.89. The molecule has 0 aliphatic rings. The first-order chi connectivity index (χ1) is 8.69. The molecule has 0 aliphatic carbocycles. The van der Waals surface area contributed by atoms with Crippen LogP contribution in [0.2, 0.25) is 0 Å². The highest BCUT2D eigenvalue weighted by molar-refractivity contribution is 5.81. The van der Waals surface area contributed by atoms with E-state index >= 15 is 0 Å². The zero-order valence-corrected chi connectivity index (χ0v) is 10.5. The Kier molecular flexibility index (Phi) is 2.33. The number of imidazole rings is 1. The van der Waals surface area contributed by atoms with Crippen LogP contribution in [0.3, 0.4) is 0 Å². The molecule has 0 aliphatic heterocycles. The molecule has 5 heteroatoms. The second-order valence-corrected chi connectivity index (χ2v) is 4.31. The van der Waals surface area contributed by atoms with Crippen molar-refractivity contribution in [3.63, 3.8) is 0 Å². The lowest BCUT2D eigenvalue weighted by Gasteiger charge is -2.03. The lowest BCUT2D eigenvalue weighted by molar-refractivity contribution is 0.746. The van der Waals surface area contributed by atoms with Crippen LogP contribution in [0.5, 0.6) is 0 Å². The average Bonchev–Trinajstić information content (AvgIpc) is 2.91. The van der Waals surface area contributed by atoms with Gasteiger partial charge in [0, 0.05) is 31.4 Å². The minimum Gasteiger partial charge on any atom is -0.399 e. The number of aryl methyl sites for hydroxylation is 2. The van der Waals surface area contributed by atoms with Gasteiger partial charge in [0.05, 0.1) is 11.0 Å². The number of aromatic nitrogens is 4. The van der Waals surface area contributed by atoms with Gasteiger partial charge in [0.2, 0.25) is 0 Å². The van der Waals surface area contributed by atoms with Gasteiger partial charge in [-0.25, -0.2) is 4.98 Å². The predicted molar refractivity (Wildman–Crippen MR) is 71.6 cm³/mol. The van der Waals surface area contributed by atoms with Gasteiger partial charge in [0.25, 0.3) is 0 Å². The summed E-state index contributed by atoms with van der Waals surface area (Å²) in [6, 6.07) is 7.76. The normalized spacial score (nSPS) is 11.2. The zero-order chi connectivity index (χ0) is 12.7. The van der Waals surface area contributed by atoms with Crippen molar-refractivity contribution in [3.8, 4) is 5.82 Å². The van der Waals surface area contributed by atoms with Crippen LogP contribution in [0, 0.1) is 0 Å². The van der Waals surface area contributed by atoms with Gasteiger partial charge in [-0.2, -0.15) is 5.10 Å². The molecule has 18 heavy (non-hydrogen) atoms. The van der Waals surface area contributed by atoms with Gasteiger partial charge in [-0.3, -0.25) is 9.25 Å². The van der Waals surface area contributed by atoms with Crippen molar-refractivity contribution >= 4 is 16.7 Å². The molecule has 3 rings (SSSR count). The third kappa shape index (κ3) is 1.55. The molecule has 0 spiro atoms. The highest BCUT2D eigenvalue weighted by Crippen LogP contribution is 2.22. The van der Waals surface area contributed by atoms with E-state index in [1.165, 1.54) is 0 Å². The van der Waals surface area contributed by atoms with E-state index in [4.69, 9.17) is 5.73 Å². The summed E-state index contributed by atoms with van der Waals surface area (Å²) in [7, 11) is 1.91. The standard InChI is InChI=1S/C13H15N5/c1-3-12-15-10-8-9(14)4-5-11(10)18(12)13-6-7-17(2)16-13/h4-8H,3,14H2,1-2H3. The molecule has 2 heterocycles. The highest BCUT2D eigenvalue weighted by atomic mass is 15.3. The number of nitrogens with zero attached hydrogens (tertiary/aromatic N) is 4. The Morgan fingerprint density at radius 1 is 1.28 bits per heavy atom. The summed E-state index contributed by atoms with van der Waals surface area (Å²) >= 11 is 0. The first kappa shape index (κ1) is 10.8. The van der Waals surface area contributed by atoms with Crippen LogP contribution in [-0.4, -0.2) is 19.3 Å². The molecule has 2 aromatic heterocycles. The molecule has 0 radical (unpaired) electrons. The Labute approximate surface area is 105 Å². The van der Waals surface area contributed by atoms with Gasteiger partial charge in [0.1, 0.15) is 5.82 Å². The van der Waals surface area contributed by atoms with Crippen molar-refractivity contribution in [2.24, 2.45) is 7.05 Å². The van der Waals surface area contributed by atoms with E-state index in [1.807, 2.05) is 37.5 Å². The maximum atomic E-state index is 5.80. The Hall–Kier alpha value is -2.30. The molecule has 0 saturated carbocycles. The largest absolute Gasteiger partial charge is 0.399 e. The fourth-order valence-corrected chi connectivity index (χ4v) is 2.16. The third-order valence-corrected chi connectivity index (χ3v) is 2.99. The quantitative estimate of drug-likeness (QED) is 0.697. The highest BCUT2D eigenvalue weighted by Gasteiger charge is 2.12. The van der Waals surface area contributed by atoms with E-state index in [0.717, 1.165) is 34.8 Å². The van der Waals surface area contributed by atoms with Gasteiger partial charge < -0.3 is 5.73 Å². The second-order valence-electron chi connectivity index (χ2n) is 4.31. The van der Waals surface area contributed by atoms with Crippen molar-refractivity contribution in [2.45, 2.75) is 13.3 Å². The smallest absolute Gasteiger partial charge is 0.160 e. The van der Waals surface area contributed by atoms with E-state index < -0.39 is 0 Å². The van der Waals surface area contributed by atoms with Crippen LogP contribution in [0.25, 0.3) is 16.9 Å². The third-order valence-electron chi connectivity index (χ3n) is 2.99. The summed E-state index contributed by atoms with van der Waals surface area (Å²) in [5, 5.41) is 4.44. The number of anilines is 1. The van der Waals surface area contributed by atoms with Crippen LogP contribution >= 0.6 is 0 Å². The summed E-state index contributed by atoms with van der Waals surface area (Å²) in [6.45, 7) is 2.09. The molecule has 0 amide bonds. The van der Waals surface area contributed by atoms with E-state index in [9.17, 15) is 0 Å². The van der Waals surface area contributed by atoms with Crippen LogP contribution in [0.1, 0.15) is 12.7 Å². The number of rotatable bonds is 2. The molecule has 0 unspecified atom stereocenters. The maximum Gasteiger partial charge on any atom is 0.160 e. The Bertz CT molecular complexity index is 707. The number of fused-ring (bicyclic) bond motifs is 1. The lowest BCUT2D eigenvalue weighted by atomic mass is 10.3. The second kappa shape index (κ2) is 3.87. The van der Waals surface area contributed by atoms with Gasteiger partial charge in [-0.1, -0.05) is 6.92 Å². The topological polar surface area (TPSA) is 61.7 Å². The molecule has 92 valence electrons. The molecule has 0 saturated heterocycles. The first-order valence-electron chi connectivity index (χ1n) is 5.96. The van der Waals surface area contributed by atoms with Gasteiger partial charge >= 0.3 is 0 Å². The van der Waals surface area contributed by atoms with E-state index in [-0.39, 0.29) is 0 Å². The Morgan fingerprint density at radius 2 is 2.11 bits per heavy atom. The SMILES string of the molecule is CCc1nc2cc(N)ccc2n1-c1ccn(C)n1.